The first kappa shape index (κ1) is 10.8. The Labute approximate surface area is 73.3 Å². The molecule has 1 amide bonds. The average molecular weight is 178 g/mol. The fourth-order valence-electron chi connectivity index (χ4n) is 0.607. The summed E-state index contributed by atoms with van der Waals surface area (Å²) in [5, 5.41) is 2.81. The Hall–Kier alpha value is -0.240. The second kappa shape index (κ2) is 6.47. The van der Waals surface area contributed by atoms with Gasteiger partial charge >= 0.3 is 0 Å². The third kappa shape index (κ3) is 6.17. The highest BCUT2D eigenvalue weighted by Gasteiger charge is 2.01. The third-order valence-electron chi connectivity index (χ3n) is 1.67. The van der Waals surface area contributed by atoms with Gasteiger partial charge in [-0.2, -0.15) is 0 Å². The summed E-state index contributed by atoms with van der Waals surface area (Å²) in [6.45, 7) is 4.99. The SMILES string of the molecule is CCC(C)CNC(=O)CCCl. The quantitative estimate of drug-likeness (QED) is 0.638. The minimum absolute atomic E-state index is 0.0558. The van der Waals surface area contributed by atoms with Crippen LogP contribution >= 0.6 is 11.6 Å². The van der Waals surface area contributed by atoms with Crippen LogP contribution in [-0.2, 0) is 4.79 Å². The van der Waals surface area contributed by atoms with E-state index in [1.807, 2.05) is 0 Å². The molecule has 0 aliphatic heterocycles. The highest BCUT2D eigenvalue weighted by atomic mass is 35.5. The van der Waals surface area contributed by atoms with Crippen molar-refractivity contribution in [3.8, 4) is 0 Å². The van der Waals surface area contributed by atoms with Gasteiger partial charge in [-0.3, -0.25) is 4.79 Å². The number of carbonyl (C=O) groups excluding carboxylic acids is 1. The van der Waals surface area contributed by atoms with Crippen molar-refractivity contribution in [2.45, 2.75) is 26.7 Å². The second-order valence-corrected chi connectivity index (χ2v) is 3.13. The summed E-state index contributed by atoms with van der Waals surface area (Å²) in [7, 11) is 0. The molecule has 0 radical (unpaired) electrons. The van der Waals surface area contributed by atoms with Gasteiger partial charge in [-0.05, 0) is 5.92 Å². The standard InChI is InChI=1S/C8H16ClNO/c1-3-7(2)6-10-8(11)4-5-9/h7H,3-6H2,1-2H3,(H,10,11). The predicted octanol–water partition coefficient (Wildman–Crippen LogP) is 1.78. The molecule has 0 aliphatic carbocycles. The number of rotatable bonds is 5. The maximum Gasteiger partial charge on any atom is 0.221 e. The number of halogens is 1. The molecule has 0 heterocycles. The lowest BCUT2D eigenvalue weighted by Crippen LogP contribution is -2.27. The normalized spacial score (nSPS) is 12.6. The minimum atomic E-state index is 0.0558. The monoisotopic (exact) mass is 177 g/mol. The molecule has 0 aliphatic rings. The Bertz CT molecular complexity index is 117. The second-order valence-electron chi connectivity index (χ2n) is 2.76. The molecule has 0 aromatic heterocycles. The summed E-state index contributed by atoms with van der Waals surface area (Å²) in [6, 6.07) is 0. The van der Waals surface area contributed by atoms with Gasteiger partial charge in [-0.1, -0.05) is 20.3 Å². The van der Waals surface area contributed by atoms with E-state index in [0.717, 1.165) is 13.0 Å². The van der Waals surface area contributed by atoms with E-state index in [9.17, 15) is 4.79 Å². The van der Waals surface area contributed by atoms with Gasteiger partial charge in [-0.25, -0.2) is 0 Å². The summed E-state index contributed by atoms with van der Waals surface area (Å²) in [5.74, 6) is 1.03. The van der Waals surface area contributed by atoms with E-state index in [2.05, 4.69) is 19.2 Å². The zero-order valence-corrected chi connectivity index (χ0v) is 7.95. The van der Waals surface area contributed by atoms with Crippen LogP contribution in [0.5, 0.6) is 0 Å². The van der Waals surface area contributed by atoms with Crippen molar-refractivity contribution in [1.29, 1.82) is 0 Å². The van der Waals surface area contributed by atoms with Crippen LogP contribution in [0.2, 0.25) is 0 Å². The molecular weight excluding hydrogens is 162 g/mol. The molecular formula is C8H16ClNO. The fourth-order valence-corrected chi connectivity index (χ4v) is 0.778. The summed E-state index contributed by atoms with van der Waals surface area (Å²) < 4.78 is 0. The lowest BCUT2D eigenvalue weighted by molar-refractivity contribution is -0.120. The largest absolute Gasteiger partial charge is 0.356 e. The molecule has 0 fully saturated rings. The first-order valence-corrected chi connectivity index (χ1v) is 4.56. The van der Waals surface area contributed by atoms with Crippen molar-refractivity contribution in [2.24, 2.45) is 5.92 Å². The molecule has 3 heteroatoms. The maximum atomic E-state index is 10.9. The topological polar surface area (TPSA) is 29.1 Å². The number of alkyl halides is 1. The van der Waals surface area contributed by atoms with Gasteiger partial charge < -0.3 is 5.32 Å². The molecule has 0 spiro atoms. The maximum absolute atomic E-state index is 10.9. The summed E-state index contributed by atoms with van der Waals surface area (Å²) in [5.41, 5.74) is 0. The molecule has 1 unspecified atom stereocenters. The van der Waals surface area contributed by atoms with Gasteiger partial charge in [-0.15, -0.1) is 11.6 Å². The molecule has 11 heavy (non-hydrogen) atoms. The number of amides is 1. The molecule has 2 nitrogen and oxygen atoms in total. The van der Waals surface area contributed by atoms with E-state index in [-0.39, 0.29) is 5.91 Å². The molecule has 0 bridgehead atoms. The number of hydrogen-bond donors (Lipinski definition) is 1. The van der Waals surface area contributed by atoms with Crippen LogP contribution in [0.1, 0.15) is 26.7 Å². The zero-order valence-electron chi connectivity index (χ0n) is 7.19. The highest BCUT2D eigenvalue weighted by Crippen LogP contribution is 1.97. The molecule has 0 saturated heterocycles. The Morgan fingerprint density at radius 1 is 1.64 bits per heavy atom. The van der Waals surface area contributed by atoms with Gasteiger partial charge in [0.15, 0.2) is 0 Å². The van der Waals surface area contributed by atoms with Crippen molar-refractivity contribution < 1.29 is 4.79 Å². The van der Waals surface area contributed by atoms with Crippen molar-refractivity contribution in [3.05, 3.63) is 0 Å². The molecule has 0 rings (SSSR count). The Kier molecular flexibility index (Phi) is 6.33. The third-order valence-corrected chi connectivity index (χ3v) is 1.86. The van der Waals surface area contributed by atoms with E-state index in [1.165, 1.54) is 0 Å². The Morgan fingerprint density at radius 2 is 2.27 bits per heavy atom. The van der Waals surface area contributed by atoms with Crippen LogP contribution in [0.15, 0.2) is 0 Å². The molecule has 0 saturated carbocycles. The molecule has 66 valence electrons. The summed E-state index contributed by atoms with van der Waals surface area (Å²) in [4.78, 5) is 10.9. The Morgan fingerprint density at radius 3 is 2.73 bits per heavy atom. The van der Waals surface area contributed by atoms with Crippen molar-refractivity contribution in [1.82, 2.24) is 5.32 Å². The summed E-state index contributed by atoms with van der Waals surface area (Å²) in [6.07, 6.45) is 1.53. The van der Waals surface area contributed by atoms with Crippen LogP contribution in [0.3, 0.4) is 0 Å². The van der Waals surface area contributed by atoms with Crippen LogP contribution in [0.25, 0.3) is 0 Å². The van der Waals surface area contributed by atoms with Crippen molar-refractivity contribution in [2.75, 3.05) is 12.4 Å². The lowest BCUT2D eigenvalue weighted by atomic mass is 10.1. The van der Waals surface area contributed by atoms with Gasteiger partial charge in [0.25, 0.3) is 0 Å². The first-order chi connectivity index (χ1) is 5.20. The van der Waals surface area contributed by atoms with E-state index in [0.29, 0.717) is 18.2 Å². The van der Waals surface area contributed by atoms with Gasteiger partial charge in [0.2, 0.25) is 5.91 Å². The van der Waals surface area contributed by atoms with Crippen LogP contribution < -0.4 is 5.32 Å². The predicted molar refractivity (Wildman–Crippen MR) is 47.8 cm³/mol. The zero-order chi connectivity index (χ0) is 8.69. The van der Waals surface area contributed by atoms with E-state index in [4.69, 9.17) is 11.6 Å². The van der Waals surface area contributed by atoms with Gasteiger partial charge in [0, 0.05) is 18.8 Å². The smallest absolute Gasteiger partial charge is 0.221 e. The molecule has 0 aromatic carbocycles. The molecule has 0 aromatic rings. The molecule has 1 N–H and O–H groups in total. The number of carbonyl (C=O) groups is 1. The van der Waals surface area contributed by atoms with Crippen molar-refractivity contribution in [3.63, 3.8) is 0 Å². The Balaban J connectivity index is 3.30. The fraction of sp³-hybridized carbons (Fsp3) is 0.875. The average Bonchev–Trinajstić information content (AvgIpc) is 2.01. The van der Waals surface area contributed by atoms with E-state index < -0.39 is 0 Å². The van der Waals surface area contributed by atoms with Gasteiger partial charge in [0.05, 0.1) is 0 Å². The number of nitrogens with one attached hydrogen (secondary N) is 1. The van der Waals surface area contributed by atoms with Gasteiger partial charge in [0.1, 0.15) is 0 Å². The number of hydrogen-bond acceptors (Lipinski definition) is 1. The van der Waals surface area contributed by atoms with Crippen LogP contribution in [0, 0.1) is 5.92 Å². The van der Waals surface area contributed by atoms with Crippen molar-refractivity contribution >= 4 is 17.5 Å². The van der Waals surface area contributed by atoms with Crippen LogP contribution in [0.4, 0.5) is 0 Å². The highest BCUT2D eigenvalue weighted by molar-refractivity contribution is 6.18. The van der Waals surface area contributed by atoms with E-state index in [1.54, 1.807) is 0 Å². The lowest BCUT2D eigenvalue weighted by Gasteiger charge is -2.08. The van der Waals surface area contributed by atoms with E-state index >= 15 is 0 Å². The summed E-state index contributed by atoms with van der Waals surface area (Å²) >= 11 is 5.38. The van der Waals surface area contributed by atoms with Crippen LogP contribution in [-0.4, -0.2) is 18.3 Å². The molecule has 1 atom stereocenters. The first-order valence-electron chi connectivity index (χ1n) is 4.03. The minimum Gasteiger partial charge on any atom is -0.356 e.